The van der Waals surface area contributed by atoms with Gasteiger partial charge in [0.15, 0.2) is 0 Å². The number of benzene rings is 1. The summed E-state index contributed by atoms with van der Waals surface area (Å²) in [6.45, 7) is 0.644. The molecule has 0 bridgehead atoms. The maximum atomic E-state index is 12.3. The Balaban J connectivity index is 1.65. The fraction of sp³-hybridized carbons (Fsp3) is 0.0556. The van der Waals surface area contributed by atoms with Gasteiger partial charge in [-0.05, 0) is 54.1 Å². The maximum Gasteiger partial charge on any atom is 0.274 e. The van der Waals surface area contributed by atoms with E-state index in [9.17, 15) is 4.79 Å². The third kappa shape index (κ3) is 4.30. The van der Waals surface area contributed by atoms with Crippen LogP contribution in [0.5, 0.6) is 0 Å². The molecule has 6 heteroatoms. The first-order valence-electron chi connectivity index (χ1n) is 7.36. The molecule has 0 saturated carbocycles. The van der Waals surface area contributed by atoms with Crippen LogP contribution in [0.3, 0.4) is 0 Å². The molecule has 0 aliphatic heterocycles. The maximum absolute atomic E-state index is 12.3. The van der Waals surface area contributed by atoms with Gasteiger partial charge in [0.1, 0.15) is 5.69 Å². The molecule has 0 saturated heterocycles. The molecule has 3 aromatic rings. The number of aromatic nitrogens is 2. The van der Waals surface area contributed by atoms with Crippen molar-refractivity contribution < 1.29 is 4.79 Å². The Morgan fingerprint density at radius 3 is 2.46 bits per heavy atom. The van der Waals surface area contributed by atoms with E-state index in [-0.39, 0.29) is 5.91 Å². The van der Waals surface area contributed by atoms with E-state index in [4.69, 9.17) is 11.6 Å². The lowest BCUT2D eigenvalue weighted by Gasteiger charge is -2.08. The fourth-order valence-corrected chi connectivity index (χ4v) is 2.22. The number of hydrogen-bond acceptors (Lipinski definition) is 4. The summed E-state index contributed by atoms with van der Waals surface area (Å²) in [4.78, 5) is 20.4. The molecule has 2 aromatic heterocycles. The predicted octanol–water partition coefficient (Wildman–Crippen LogP) is 3.99. The molecule has 0 atom stereocenters. The summed E-state index contributed by atoms with van der Waals surface area (Å²) in [5.74, 6) is -0.273. The molecule has 0 radical (unpaired) electrons. The first-order chi connectivity index (χ1) is 11.7. The monoisotopic (exact) mass is 338 g/mol. The van der Waals surface area contributed by atoms with E-state index in [0.29, 0.717) is 22.9 Å². The van der Waals surface area contributed by atoms with Gasteiger partial charge in [0, 0.05) is 41.5 Å². The van der Waals surface area contributed by atoms with Crippen LogP contribution in [0.1, 0.15) is 16.1 Å². The minimum Gasteiger partial charge on any atom is -0.381 e. The van der Waals surface area contributed by atoms with Crippen molar-refractivity contribution in [2.45, 2.75) is 6.54 Å². The number of rotatable bonds is 5. The van der Waals surface area contributed by atoms with E-state index in [2.05, 4.69) is 20.6 Å². The van der Waals surface area contributed by atoms with Crippen LogP contribution in [0.25, 0.3) is 0 Å². The van der Waals surface area contributed by atoms with Crippen LogP contribution in [0, 0.1) is 0 Å². The van der Waals surface area contributed by atoms with Gasteiger partial charge < -0.3 is 10.6 Å². The molecule has 2 N–H and O–H groups in total. The Bertz CT molecular complexity index is 822. The van der Waals surface area contributed by atoms with Gasteiger partial charge in [-0.3, -0.25) is 14.8 Å². The molecule has 2 heterocycles. The zero-order valence-corrected chi connectivity index (χ0v) is 13.5. The molecule has 1 amide bonds. The predicted molar refractivity (Wildman–Crippen MR) is 95.2 cm³/mol. The summed E-state index contributed by atoms with van der Waals surface area (Å²) >= 11 is 5.83. The van der Waals surface area contributed by atoms with Crippen LogP contribution in [-0.2, 0) is 6.54 Å². The number of carbonyl (C=O) groups is 1. The van der Waals surface area contributed by atoms with Gasteiger partial charge in [0.05, 0.1) is 0 Å². The van der Waals surface area contributed by atoms with Crippen LogP contribution in [0.2, 0.25) is 5.02 Å². The van der Waals surface area contributed by atoms with E-state index in [1.165, 1.54) is 0 Å². The summed E-state index contributed by atoms with van der Waals surface area (Å²) in [5, 5.41) is 6.67. The van der Waals surface area contributed by atoms with Gasteiger partial charge in [-0.1, -0.05) is 11.6 Å². The molecule has 120 valence electrons. The van der Waals surface area contributed by atoms with E-state index in [1.807, 2.05) is 18.2 Å². The van der Waals surface area contributed by atoms with Crippen molar-refractivity contribution in [3.8, 4) is 0 Å². The Labute approximate surface area is 144 Å². The van der Waals surface area contributed by atoms with Crippen molar-refractivity contribution >= 4 is 28.9 Å². The number of nitrogens with one attached hydrogen (secondary N) is 2. The summed E-state index contributed by atoms with van der Waals surface area (Å²) in [7, 11) is 0. The lowest BCUT2D eigenvalue weighted by atomic mass is 10.2. The van der Waals surface area contributed by atoms with Crippen molar-refractivity contribution in [1.82, 2.24) is 9.97 Å². The molecule has 0 spiro atoms. The minimum absolute atomic E-state index is 0.273. The number of carbonyl (C=O) groups excluding carboxylic acids is 1. The third-order valence-electron chi connectivity index (χ3n) is 3.34. The average Bonchev–Trinajstić information content (AvgIpc) is 2.63. The quantitative estimate of drug-likeness (QED) is 0.738. The van der Waals surface area contributed by atoms with Crippen LogP contribution >= 0.6 is 11.6 Å². The number of amides is 1. The van der Waals surface area contributed by atoms with Crippen LogP contribution in [0.15, 0.2) is 67.1 Å². The molecule has 0 aliphatic rings. The Morgan fingerprint density at radius 2 is 1.71 bits per heavy atom. The van der Waals surface area contributed by atoms with Crippen molar-refractivity contribution in [2.75, 3.05) is 10.6 Å². The second kappa shape index (κ2) is 7.57. The first-order valence-corrected chi connectivity index (χ1v) is 7.74. The molecule has 3 rings (SSSR count). The Morgan fingerprint density at radius 1 is 0.958 bits per heavy atom. The van der Waals surface area contributed by atoms with E-state index >= 15 is 0 Å². The van der Waals surface area contributed by atoms with Crippen molar-refractivity contribution in [1.29, 1.82) is 0 Å². The highest BCUT2D eigenvalue weighted by Crippen LogP contribution is 2.15. The Hall–Kier alpha value is -2.92. The highest BCUT2D eigenvalue weighted by molar-refractivity contribution is 6.30. The topological polar surface area (TPSA) is 66.9 Å². The van der Waals surface area contributed by atoms with Gasteiger partial charge in [-0.25, -0.2) is 0 Å². The van der Waals surface area contributed by atoms with E-state index < -0.39 is 0 Å². The SMILES string of the molecule is O=C(Nc1ccc(Cl)cc1)c1cc(NCc2ccncc2)ccn1. The number of anilines is 2. The van der Waals surface area contributed by atoms with Crippen molar-refractivity contribution in [2.24, 2.45) is 0 Å². The van der Waals surface area contributed by atoms with Crippen LogP contribution in [-0.4, -0.2) is 15.9 Å². The summed E-state index contributed by atoms with van der Waals surface area (Å²) < 4.78 is 0. The number of pyridine rings is 2. The van der Waals surface area contributed by atoms with E-state index in [1.54, 1.807) is 48.9 Å². The second-order valence-electron chi connectivity index (χ2n) is 5.10. The third-order valence-corrected chi connectivity index (χ3v) is 3.59. The van der Waals surface area contributed by atoms with Gasteiger partial charge in [0.2, 0.25) is 0 Å². The molecule has 5 nitrogen and oxygen atoms in total. The summed E-state index contributed by atoms with van der Waals surface area (Å²) in [6.07, 6.45) is 5.09. The largest absolute Gasteiger partial charge is 0.381 e. The molecule has 0 aliphatic carbocycles. The molecule has 1 aromatic carbocycles. The molecular formula is C18H15ClN4O. The van der Waals surface area contributed by atoms with Crippen molar-refractivity contribution in [3.63, 3.8) is 0 Å². The standard InChI is InChI=1S/C18H15ClN4O/c19-14-1-3-15(4-2-14)23-18(24)17-11-16(7-10-21-17)22-12-13-5-8-20-9-6-13/h1-11H,12H2,(H,21,22)(H,23,24). The smallest absolute Gasteiger partial charge is 0.274 e. The number of hydrogen-bond donors (Lipinski definition) is 2. The first kappa shape index (κ1) is 16.0. The zero-order chi connectivity index (χ0) is 16.8. The molecular weight excluding hydrogens is 324 g/mol. The fourth-order valence-electron chi connectivity index (χ4n) is 2.10. The van der Waals surface area contributed by atoms with Crippen LogP contribution in [0.4, 0.5) is 11.4 Å². The van der Waals surface area contributed by atoms with Gasteiger partial charge in [0.25, 0.3) is 5.91 Å². The summed E-state index contributed by atoms with van der Waals surface area (Å²) in [5.41, 5.74) is 2.93. The van der Waals surface area contributed by atoms with Gasteiger partial charge >= 0.3 is 0 Å². The van der Waals surface area contributed by atoms with Gasteiger partial charge in [-0.2, -0.15) is 0 Å². The zero-order valence-electron chi connectivity index (χ0n) is 12.7. The highest BCUT2D eigenvalue weighted by atomic mass is 35.5. The lowest BCUT2D eigenvalue weighted by Crippen LogP contribution is -2.14. The van der Waals surface area contributed by atoms with Crippen molar-refractivity contribution in [3.05, 3.63) is 83.4 Å². The van der Waals surface area contributed by atoms with Crippen LogP contribution < -0.4 is 10.6 Å². The second-order valence-corrected chi connectivity index (χ2v) is 5.54. The molecule has 24 heavy (non-hydrogen) atoms. The van der Waals surface area contributed by atoms with E-state index in [0.717, 1.165) is 11.3 Å². The lowest BCUT2D eigenvalue weighted by molar-refractivity contribution is 0.102. The average molecular weight is 339 g/mol. The number of halogens is 1. The molecule has 0 fully saturated rings. The minimum atomic E-state index is -0.273. The Kier molecular flexibility index (Phi) is 5.03. The molecule has 0 unspecified atom stereocenters. The summed E-state index contributed by atoms with van der Waals surface area (Å²) in [6, 6.07) is 14.3. The number of nitrogens with zero attached hydrogens (tertiary/aromatic N) is 2. The normalized spacial score (nSPS) is 10.2. The van der Waals surface area contributed by atoms with Gasteiger partial charge in [-0.15, -0.1) is 0 Å². The highest BCUT2D eigenvalue weighted by Gasteiger charge is 2.08.